The number of hydrogen-bond acceptors (Lipinski definition) is 4. The Labute approximate surface area is 111 Å². The third kappa shape index (κ3) is 2.08. The fraction of sp³-hybridized carbons (Fsp3) is 0.0667. The van der Waals surface area contributed by atoms with Crippen molar-refractivity contribution in [3.8, 4) is 0 Å². The second-order valence-electron chi connectivity index (χ2n) is 4.29. The lowest BCUT2D eigenvalue weighted by Gasteiger charge is -2.30. The fourth-order valence-electron chi connectivity index (χ4n) is 2.00. The molecule has 0 amide bonds. The van der Waals surface area contributed by atoms with Crippen molar-refractivity contribution in [2.75, 3.05) is 5.01 Å². The highest BCUT2D eigenvalue weighted by atomic mass is 16.1. The van der Waals surface area contributed by atoms with Gasteiger partial charge in [-0.25, -0.2) is 4.99 Å². The first-order valence-corrected chi connectivity index (χ1v) is 6.06. The van der Waals surface area contributed by atoms with Crippen molar-refractivity contribution in [2.45, 2.75) is 6.92 Å². The first kappa shape index (κ1) is 11.5. The summed E-state index contributed by atoms with van der Waals surface area (Å²) in [5, 5.41) is 1.87. The van der Waals surface area contributed by atoms with Crippen LogP contribution in [0.3, 0.4) is 0 Å². The lowest BCUT2D eigenvalue weighted by Crippen LogP contribution is -2.44. The van der Waals surface area contributed by atoms with Gasteiger partial charge in [0.05, 0.1) is 17.1 Å². The molecule has 4 nitrogen and oxygen atoms in total. The van der Waals surface area contributed by atoms with Crippen molar-refractivity contribution in [2.24, 2.45) is 4.99 Å². The molecule has 0 fully saturated rings. The quantitative estimate of drug-likeness (QED) is 0.892. The molecule has 2 aromatic carbocycles. The van der Waals surface area contributed by atoms with Crippen LogP contribution in [0.25, 0.3) is 0 Å². The van der Waals surface area contributed by atoms with E-state index in [0.29, 0.717) is 5.84 Å². The zero-order valence-corrected chi connectivity index (χ0v) is 10.5. The third-order valence-corrected chi connectivity index (χ3v) is 2.92. The summed E-state index contributed by atoms with van der Waals surface area (Å²) in [6.45, 7) is 1.50. The molecule has 94 valence electrons. The highest BCUT2D eigenvalue weighted by Crippen LogP contribution is 2.34. The van der Waals surface area contributed by atoms with Gasteiger partial charge < -0.3 is 0 Å². The number of para-hydroxylation sites is 3. The Morgan fingerprint density at radius 2 is 1.74 bits per heavy atom. The Balaban J connectivity index is 2.12. The van der Waals surface area contributed by atoms with E-state index in [-0.39, 0.29) is 5.78 Å². The molecule has 1 N–H and O–H groups in total. The molecule has 0 bridgehead atoms. The van der Waals surface area contributed by atoms with Crippen LogP contribution < -0.4 is 10.4 Å². The van der Waals surface area contributed by atoms with Gasteiger partial charge in [0.15, 0.2) is 11.6 Å². The summed E-state index contributed by atoms with van der Waals surface area (Å²) in [7, 11) is 0. The highest BCUT2D eigenvalue weighted by molar-refractivity contribution is 6.39. The number of hydrogen-bond donors (Lipinski definition) is 1. The molecule has 3 rings (SSSR count). The van der Waals surface area contributed by atoms with E-state index in [0.717, 1.165) is 17.1 Å². The zero-order valence-electron chi connectivity index (χ0n) is 10.5. The molecule has 0 spiro atoms. The number of carbonyl (C=O) groups is 1. The number of aliphatic imine (C=N–C) groups is 1. The molecule has 0 atom stereocenters. The van der Waals surface area contributed by atoms with Crippen LogP contribution >= 0.6 is 0 Å². The second-order valence-corrected chi connectivity index (χ2v) is 4.29. The molecule has 0 saturated carbocycles. The molecule has 1 aliphatic heterocycles. The minimum atomic E-state index is -0.0876. The summed E-state index contributed by atoms with van der Waals surface area (Å²) in [4.78, 5) is 15.9. The molecule has 1 heterocycles. The van der Waals surface area contributed by atoms with Gasteiger partial charge in [-0.2, -0.15) is 0 Å². The molecular formula is C15H13N3O. The smallest absolute Gasteiger partial charge is 0.196 e. The maximum atomic E-state index is 11.6. The first-order valence-electron chi connectivity index (χ1n) is 6.06. The van der Waals surface area contributed by atoms with E-state index in [1.165, 1.54) is 6.92 Å². The number of nitrogens with zero attached hydrogens (tertiary/aromatic N) is 2. The van der Waals surface area contributed by atoms with E-state index in [9.17, 15) is 4.79 Å². The van der Waals surface area contributed by atoms with E-state index in [2.05, 4.69) is 10.4 Å². The van der Waals surface area contributed by atoms with Gasteiger partial charge in [0.25, 0.3) is 0 Å². The van der Waals surface area contributed by atoms with Crippen molar-refractivity contribution in [1.82, 2.24) is 5.43 Å². The van der Waals surface area contributed by atoms with Crippen LogP contribution in [0, 0.1) is 0 Å². The molecule has 0 aliphatic carbocycles. The van der Waals surface area contributed by atoms with E-state index in [4.69, 9.17) is 0 Å². The normalized spacial score (nSPS) is 13.3. The Hall–Kier alpha value is -2.62. The second kappa shape index (κ2) is 4.57. The number of carbonyl (C=O) groups excluding carboxylic acids is 1. The number of anilines is 2. The van der Waals surface area contributed by atoms with Crippen LogP contribution in [-0.4, -0.2) is 11.6 Å². The van der Waals surface area contributed by atoms with Crippen molar-refractivity contribution < 1.29 is 4.79 Å². The minimum Gasteiger partial charge on any atom is -0.291 e. The minimum absolute atomic E-state index is 0.0876. The number of hydrazine groups is 1. The Kier molecular flexibility index (Phi) is 2.76. The summed E-state index contributed by atoms with van der Waals surface area (Å²) in [5.74, 6) is 0.262. The lowest BCUT2D eigenvalue weighted by molar-refractivity contribution is -0.111. The first-order chi connectivity index (χ1) is 9.25. The predicted molar refractivity (Wildman–Crippen MR) is 75.9 cm³/mol. The Bertz CT molecular complexity index is 649. The molecular weight excluding hydrogens is 238 g/mol. The number of amidine groups is 1. The average molecular weight is 251 g/mol. The van der Waals surface area contributed by atoms with Crippen LogP contribution in [0.5, 0.6) is 0 Å². The summed E-state index contributed by atoms with van der Waals surface area (Å²) in [6, 6.07) is 17.6. The van der Waals surface area contributed by atoms with Crippen LogP contribution in [0.4, 0.5) is 17.1 Å². The lowest BCUT2D eigenvalue weighted by atomic mass is 10.2. The number of fused-ring (bicyclic) bond motifs is 1. The molecule has 1 aliphatic rings. The monoisotopic (exact) mass is 251 g/mol. The number of rotatable bonds is 2. The van der Waals surface area contributed by atoms with Crippen molar-refractivity contribution >= 4 is 28.7 Å². The van der Waals surface area contributed by atoms with Crippen molar-refractivity contribution in [1.29, 1.82) is 0 Å². The number of nitrogens with one attached hydrogen (secondary N) is 1. The van der Waals surface area contributed by atoms with Gasteiger partial charge >= 0.3 is 0 Å². The highest BCUT2D eigenvalue weighted by Gasteiger charge is 2.21. The van der Waals surface area contributed by atoms with Crippen LogP contribution in [-0.2, 0) is 4.79 Å². The van der Waals surface area contributed by atoms with Crippen LogP contribution in [0.1, 0.15) is 6.92 Å². The van der Waals surface area contributed by atoms with Gasteiger partial charge in [-0.3, -0.25) is 15.2 Å². The fourth-order valence-corrected chi connectivity index (χ4v) is 2.00. The standard InChI is InChI=1S/C15H13N3O/c1-11(19)15-16-13-9-5-6-10-14(13)18(17-15)12-7-3-2-4-8-12/h2-10H,1H3,(H,16,17). The average Bonchev–Trinajstić information content (AvgIpc) is 2.47. The maximum absolute atomic E-state index is 11.6. The van der Waals surface area contributed by atoms with Gasteiger partial charge in [-0.1, -0.05) is 30.3 Å². The third-order valence-electron chi connectivity index (χ3n) is 2.92. The van der Waals surface area contributed by atoms with E-state index in [1.807, 2.05) is 59.6 Å². The van der Waals surface area contributed by atoms with E-state index < -0.39 is 0 Å². The van der Waals surface area contributed by atoms with Gasteiger partial charge in [-0.15, -0.1) is 0 Å². The maximum Gasteiger partial charge on any atom is 0.196 e. The van der Waals surface area contributed by atoms with Gasteiger partial charge in [0.1, 0.15) is 0 Å². The van der Waals surface area contributed by atoms with Crippen LogP contribution in [0.15, 0.2) is 59.6 Å². The van der Waals surface area contributed by atoms with E-state index in [1.54, 1.807) is 0 Å². The van der Waals surface area contributed by atoms with E-state index >= 15 is 0 Å². The SMILES string of the molecule is CC(=O)C1=Nc2ccccc2N(c2ccccc2)N1. The Morgan fingerprint density at radius 3 is 2.47 bits per heavy atom. The summed E-state index contributed by atoms with van der Waals surface area (Å²) in [5.41, 5.74) is 5.74. The number of benzene rings is 2. The number of Topliss-reactive ketones (excluding diaryl/α,β-unsaturated/α-hetero) is 1. The molecule has 0 aromatic heterocycles. The zero-order chi connectivity index (χ0) is 13.2. The van der Waals surface area contributed by atoms with Crippen molar-refractivity contribution in [3.05, 3.63) is 54.6 Å². The molecule has 19 heavy (non-hydrogen) atoms. The molecule has 2 aromatic rings. The Morgan fingerprint density at radius 1 is 1.05 bits per heavy atom. The molecule has 4 heteroatoms. The summed E-state index contributed by atoms with van der Waals surface area (Å²) in [6.07, 6.45) is 0. The van der Waals surface area contributed by atoms with Gasteiger partial charge in [0.2, 0.25) is 0 Å². The molecule has 0 saturated heterocycles. The topological polar surface area (TPSA) is 44.7 Å². The molecule has 0 unspecified atom stereocenters. The van der Waals surface area contributed by atoms with Crippen molar-refractivity contribution in [3.63, 3.8) is 0 Å². The summed E-state index contributed by atoms with van der Waals surface area (Å²) < 4.78 is 0. The predicted octanol–water partition coefficient (Wildman–Crippen LogP) is 2.96. The van der Waals surface area contributed by atoms with Gasteiger partial charge in [0, 0.05) is 6.92 Å². The van der Waals surface area contributed by atoms with Crippen LogP contribution in [0.2, 0.25) is 0 Å². The number of ketones is 1. The molecule has 0 radical (unpaired) electrons. The largest absolute Gasteiger partial charge is 0.291 e. The summed E-state index contributed by atoms with van der Waals surface area (Å²) >= 11 is 0. The van der Waals surface area contributed by atoms with Gasteiger partial charge in [-0.05, 0) is 24.3 Å².